The normalized spacial score (nSPS) is 17.5. The first kappa shape index (κ1) is 20.4. The summed E-state index contributed by atoms with van der Waals surface area (Å²) in [5, 5.41) is 9.84. The average molecular weight is 421 g/mol. The van der Waals surface area contributed by atoms with E-state index in [2.05, 4.69) is 73.7 Å². The van der Waals surface area contributed by atoms with E-state index in [1.165, 1.54) is 33.4 Å². The highest BCUT2D eigenvalue weighted by Gasteiger charge is 2.32. The minimum atomic E-state index is 0.255. The molecule has 2 unspecified atom stereocenters. The summed E-state index contributed by atoms with van der Waals surface area (Å²) in [6, 6.07) is 33.5. The van der Waals surface area contributed by atoms with Crippen molar-refractivity contribution >= 4 is 0 Å². The lowest BCUT2D eigenvalue weighted by Crippen LogP contribution is -2.20. The lowest BCUT2D eigenvalue weighted by atomic mass is 9.69. The lowest BCUT2D eigenvalue weighted by Gasteiger charge is -2.35. The summed E-state index contributed by atoms with van der Waals surface area (Å²) in [5.41, 5.74) is 7.80. The van der Waals surface area contributed by atoms with Crippen molar-refractivity contribution in [3.63, 3.8) is 0 Å². The van der Waals surface area contributed by atoms with Crippen LogP contribution in [0.5, 0.6) is 11.5 Å². The molecule has 0 saturated carbocycles. The van der Waals surface area contributed by atoms with Gasteiger partial charge in [-0.3, -0.25) is 0 Å². The number of fused-ring (bicyclic) bond motifs is 1. The van der Waals surface area contributed by atoms with Gasteiger partial charge in [-0.2, -0.15) is 0 Å². The summed E-state index contributed by atoms with van der Waals surface area (Å²) in [5.74, 6) is 1.89. The number of phenolic OH excluding ortho intramolecular Hbond substituents is 1. The molecule has 0 saturated heterocycles. The van der Waals surface area contributed by atoms with Crippen LogP contribution in [0.4, 0.5) is 0 Å². The quantitative estimate of drug-likeness (QED) is 0.372. The van der Waals surface area contributed by atoms with Gasteiger partial charge in [-0.25, -0.2) is 0 Å². The Balaban J connectivity index is 1.48. The molecule has 1 aliphatic carbocycles. The lowest BCUT2D eigenvalue weighted by molar-refractivity contribution is 0.305. The Labute approximate surface area is 190 Å². The summed E-state index contributed by atoms with van der Waals surface area (Å²) >= 11 is 0. The van der Waals surface area contributed by atoms with Gasteiger partial charge in [-0.15, -0.1) is 0 Å². The van der Waals surface area contributed by atoms with Crippen LogP contribution in [0.25, 0.3) is 0 Å². The molecule has 4 aromatic carbocycles. The number of hydrogen-bond donors (Lipinski definition) is 1. The summed E-state index contributed by atoms with van der Waals surface area (Å²) in [6.45, 7) is 2.71. The Morgan fingerprint density at radius 3 is 2.28 bits per heavy atom. The van der Waals surface area contributed by atoms with Crippen LogP contribution in [-0.2, 0) is 13.0 Å². The first-order chi connectivity index (χ1) is 15.7. The molecule has 4 aromatic rings. The Bertz CT molecular complexity index is 1180. The van der Waals surface area contributed by atoms with Gasteiger partial charge in [-0.1, -0.05) is 78.4 Å². The Hall–Kier alpha value is -3.52. The fraction of sp³-hybridized carbons (Fsp3) is 0.200. The standard InChI is InChI=1S/C30H28O2/c1-21-7-9-23(10-8-21)28-17-13-25-19-27(32-20-22-5-3-2-4-6-22)16-18-29(25)30(28)24-11-14-26(31)15-12-24/h2-12,14-16,18-19,28,30-31H,13,17,20H2,1H3. The van der Waals surface area contributed by atoms with Crippen LogP contribution in [0.1, 0.15) is 51.6 Å². The van der Waals surface area contributed by atoms with E-state index >= 15 is 0 Å². The van der Waals surface area contributed by atoms with Gasteiger partial charge in [0.1, 0.15) is 18.1 Å². The van der Waals surface area contributed by atoms with E-state index in [1.807, 2.05) is 18.2 Å². The molecule has 160 valence electrons. The minimum absolute atomic E-state index is 0.255. The number of benzene rings is 4. The fourth-order valence-corrected chi connectivity index (χ4v) is 4.89. The number of hydrogen-bond acceptors (Lipinski definition) is 2. The van der Waals surface area contributed by atoms with Gasteiger partial charge in [0.05, 0.1) is 0 Å². The van der Waals surface area contributed by atoms with E-state index in [9.17, 15) is 5.11 Å². The van der Waals surface area contributed by atoms with Gasteiger partial charge < -0.3 is 9.84 Å². The van der Waals surface area contributed by atoms with Gasteiger partial charge in [-0.05, 0) is 77.8 Å². The average Bonchev–Trinajstić information content (AvgIpc) is 2.84. The molecular weight excluding hydrogens is 392 g/mol. The van der Waals surface area contributed by atoms with E-state index in [1.54, 1.807) is 12.1 Å². The third-order valence-corrected chi connectivity index (χ3v) is 6.58. The molecule has 0 radical (unpaired) electrons. The zero-order chi connectivity index (χ0) is 21.9. The molecule has 0 heterocycles. The van der Waals surface area contributed by atoms with E-state index in [-0.39, 0.29) is 5.92 Å². The molecule has 0 amide bonds. The van der Waals surface area contributed by atoms with Gasteiger partial charge in [0.2, 0.25) is 0 Å². The van der Waals surface area contributed by atoms with E-state index in [0.29, 0.717) is 18.3 Å². The van der Waals surface area contributed by atoms with E-state index < -0.39 is 0 Å². The van der Waals surface area contributed by atoms with E-state index in [0.717, 1.165) is 18.6 Å². The fourth-order valence-electron chi connectivity index (χ4n) is 4.89. The van der Waals surface area contributed by atoms with Gasteiger partial charge in [0, 0.05) is 5.92 Å². The predicted octanol–water partition coefficient (Wildman–Crippen LogP) is 7.14. The molecule has 32 heavy (non-hydrogen) atoms. The summed E-state index contributed by atoms with van der Waals surface area (Å²) in [6.07, 6.45) is 2.12. The predicted molar refractivity (Wildman–Crippen MR) is 129 cm³/mol. The Kier molecular flexibility index (Phi) is 5.68. The van der Waals surface area contributed by atoms with Crippen LogP contribution in [0.15, 0.2) is 97.1 Å². The third-order valence-electron chi connectivity index (χ3n) is 6.58. The zero-order valence-electron chi connectivity index (χ0n) is 18.4. The molecule has 0 spiro atoms. The minimum Gasteiger partial charge on any atom is -0.508 e. The third kappa shape index (κ3) is 4.27. The van der Waals surface area contributed by atoms with E-state index in [4.69, 9.17) is 4.74 Å². The van der Waals surface area contributed by atoms with Crippen molar-refractivity contribution in [1.29, 1.82) is 0 Å². The second kappa shape index (κ2) is 8.92. The molecule has 0 aromatic heterocycles. The van der Waals surface area contributed by atoms with Gasteiger partial charge in [0.15, 0.2) is 0 Å². The van der Waals surface area contributed by atoms with Crippen LogP contribution >= 0.6 is 0 Å². The summed E-state index contributed by atoms with van der Waals surface area (Å²) < 4.78 is 6.11. The molecule has 0 aliphatic heterocycles. The first-order valence-electron chi connectivity index (χ1n) is 11.3. The highest BCUT2D eigenvalue weighted by Crippen LogP contribution is 2.47. The molecule has 2 nitrogen and oxygen atoms in total. The van der Waals surface area contributed by atoms with Crippen molar-refractivity contribution in [1.82, 2.24) is 0 Å². The van der Waals surface area contributed by atoms with Gasteiger partial charge >= 0.3 is 0 Å². The number of rotatable bonds is 5. The summed E-state index contributed by atoms with van der Waals surface area (Å²) in [4.78, 5) is 0. The van der Waals surface area contributed by atoms with Crippen LogP contribution in [0.3, 0.4) is 0 Å². The van der Waals surface area contributed by atoms with Crippen LogP contribution in [0.2, 0.25) is 0 Å². The number of aromatic hydroxyl groups is 1. The maximum absolute atomic E-state index is 9.84. The molecule has 1 N–H and O–H groups in total. The Morgan fingerprint density at radius 2 is 1.53 bits per heavy atom. The number of ether oxygens (including phenoxy) is 1. The topological polar surface area (TPSA) is 29.5 Å². The van der Waals surface area contributed by atoms with Crippen LogP contribution < -0.4 is 4.74 Å². The zero-order valence-corrected chi connectivity index (χ0v) is 18.4. The van der Waals surface area contributed by atoms with Crippen molar-refractivity contribution < 1.29 is 9.84 Å². The molecule has 2 atom stereocenters. The molecule has 1 aliphatic rings. The van der Waals surface area contributed by atoms with Gasteiger partial charge in [0.25, 0.3) is 0 Å². The highest BCUT2D eigenvalue weighted by atomic mass is 16.5. The molecular formula is C30H28O2. The molecule has 5 rings (SSSR count). The maximum atomic E-state index is 9.84. The van der Waals surface area contributed by atoms with Crippen molar-refractivity contribution in [3.8, 4) is 11.5 Å². The van der Waals surface area contributed by atoms with Crippen molar-refractivity contribution in [2.24, 2.45) is 0 Å². The molecule has 0 bridgehead atoms. The monoisotopic (exact) mass is 420 g/mol. The highest BCUT2D eigenvalue weighted by molar-refractivity contribution is 5.48. The number of phenols is 1. The smallest absolute Gasteiger partial charge is 0.120 e. The SMILES string of the molecule is Cc1ccc(C2CCc3cc(OCc4ccccc4)ccc3C2c2ccc(O)cc2)cc1. The van der Waals surface area contributed by atoms with Crippen molar-refractivity contribution in [3.05, 3.63) is 130 Å². The molecule has 2 heteroatoms. The van der Waals surface area contributed by atoms with Crippen LogP contribution in [0, 0.1) is 6.92 Å². The molecule has 0 fully saturated rings. The maximum Gasteiger partial charge on any atom is 0.120 e. The largest absolute Gasteiger partial charge is 0.508 e. The van der Waals surface area contributed by atoms with Crippen molar-refractivity contribution in [2.45, 2.75) is 38.2 Å². The second-order valence-electron chi connectivity index (χ2n) is 8.76. The van der Waals surface area contributed by atoms with Crippen LogP contribution in [-0.4, -0.2) is 5.11 Å². The summed E-state index contributed by atoms with van der Waals surface area (Å²) in [7, 11) is 0. The first-order valence-corrected chi connectivity index (χ1v) is 11.3. The Morgan fingerprint density at radius 1 is 0.812 bits per heavy atom. The van der Waals surface area contributed by atoms with Crippen molar-refractivity contribution in [2.75, 3.05) is 0 Å². The second-order valence-corrected chi connectivity index (χ2v) is 8.76. The number of aryl methyl sites for hydroxylation is 2.